The maximum absolute atomic E-state index is 12.7. The Balaban J connectivity index is 2.19. The van der Waals surface area contributed by atoms with Gasteiger partial charge in [0.25, 0.3) is 11.6 Å². The number of anilines is 2. The van der Waals surface area contributed by atoms with Gasteiger partial charge in [0, 0.05) is 18.0 Å². The minimum absolute atomic E-state index is 0.00400. The lowest BCUT2D eigenvalue weighted by molar-refractivity contribution is -0.384. The van der Waals surface area contributed by atoms with Crippen LogP contribution in [-0.4, -0.2) is 17.9 Å². The van der Waals surface area contributed by atoms with Gasteiger partial charge in [-0.1, -0.05) is 6.07 Å². The Morgan fingerprint density at radius 3 is 2.59 bits per heavy atom. The summed E-state index contributed by atoms with van der Waals surface area (Å²) in [5.74, 6) is -0.894. The van der Waals surface area contributed by atoms with Crippen LogP contribution in [0.25, 0.3) is 0 Å². The number of hydrogen-bond acceptors (Lipinski definition) is 6. The van der Waals surface area contributed by atoms with E-state index in [1.165, 1.54) is 25.3 Å². The highest BCUT2D eigenvalue weighted by Gasteiger charge is 2.30. The summed E-state index contributed by atoms with van der Waals surface area (Å²) in [5.41, 5.74) is -1.50. The second-order valence-electron chi connectivity index (χ2n) is 5.49. The van der Waals surface area contributed by atoms with E-state index in [-0.39, 0.29) is 22.8 Å². The summed E-state index contributed by atoms with van der Waals surface area (Å²) >= 11 is 0. The number of nitriles is 1. The molecular weight excluding hydrogens is 393 g/mol. The van der Waals surface area contributed by atoms with Gasteiger partial charge in [-0.2, -0.15) is 18.4 Å². The smallest absolute Gasteiger partial charge is 0.416 e. The van der Waals surface area contributed by atoms with Crippen LogP contribution in [0.4, 0.5) is 30.2 Å². The molecule has 0 saturated carbocycles. The molecule has 0 bridgehead atoms. The Labute approximate surface area is 162 Å². The average molecular weight is 406 g/mol. The van der Waals surface area contributed by atoms with Crippen LogP contribution in [0, 0.1) is 21.4 Å². The molecule has 2 aromatic rings. The Morgan fingerprint density at radius 2 is 2.00 bits per heavy atom. The van der Waals surface area contributed by atoms with Gasteiger partial charge in [0.05, 0.1) is 29.4 Å². The van der Waals surface area contributed by atoms with Crippen LogP contribution in [0.1, 0.15) is 5.56 Å². The van der Waals surface area contributed by atoms with E-state index in [0.717, 1.165) is 30.5 Å². The minimum atomic E-state index is -4.54. The summed E-state index contributed by atoms with van der Waals surface area (Å²) in [5, 5.41) is 24.8. The summed E-state index contributed by atoms with van der Waals surface area (Å²) in [6, 6.07) is 9.28. The zero-order valence-electron chi connectivity index (χ0n) is 14.8. The third kappa shape index (κ3) is 5.46. The van der Waals surface area contributed by atoms with Crippen molar-refractivity contribution in [1.29, 1.82) is 5.26 Å². The van der Waals surface area contributed by atoms with Crippen molar-refractivity contribution >= 4 is 23.0 Å². The van der Waals surface area contributed by atoms with Crippen molar-refractivity contribution in [1.82, 2.24) is 0 Å². The molecule has 1 amide bonds. The number of methoxy groups -OCH3 is 1. The molecule has 0 saturated heterocycles. The number of rotatable bonds is 6. The molecule has 0 aromatic heterocycles. The van der Waals surface area contributed by atoms with E-state index < -0.39 is 28.1 Å². The Bertz CT molecular complexity index is 1010. The van der Waals surface area contributed by atoms with E-state index in [1.807, 2.05) is 0 Å². The highest BCUT2D eigenvalue weighted by Crippen LogP contribution is 2.31. The number of alkyl halides is 3. The first-order chi connectivity index (χ1) is 13.7. The average Bonchev–Trinajstić information content (AvgIpc) is 2.68. The first kappa shape index (κ1) is 21.2. The lowest BCUT2D eigenvalue weighted by Crippen LogP contribution is -2.15. The van der Waals surface area contributed by atoms with Crippen molar-refractivity contribution in [3.05, 3.63) is 69.9 Å². The zero-order chi connectivity index (χ0) is 21.6. The molecule has 0 aliphatic heterocycles. The molecule has 2 aromatic carbocycles. The summed E-state index contributed by atoms with van der Waals surface area (Å²) < 4.78 is 43.2. The quantitative estimate of drug-likeness (QED) is 0.323. The lowest BCUT2D eigenvalue weighted by Gasteiger charge is -2.10. The van der Waals surface area contributed by atoms with E-state index in [9.17, 15) is 28.1 Å². The van der Waals surface area contributed by atoms with E-state index >= 15 is 0 Å². The monoisotopic (exact) mass is 406 g/mol. The van der Waals surface area contributed by atoms with Gasteiger partial charge < -0.3 is 15.4 Å². The number of nitrogens with zero attached hydrogens (tertiary/aromatic N) is 2. The maximum Gasteiger partial charge on any atom is 0.416 e. The lowest BCUT2D eigenvalue weighted by atomic mass is 10.2. The van der Waals surface area contributed by atoms with E-state index in [2.05, 4.69) is 10.6 Å². The van der Waals surface area contributed by atoms with Crippen LogP contribution < -0.4 is 15.4 Å². The van der Waals surface area contributed by atoms with Crippen LogP contribution in [0.3, 0.4) is 0 Å². The number of ether oxygens (including phenoxy) is 1. The highest BCUT2D eigenvalue weighted by atomic mass is 19.4. The summed E-state index contributed by atoms with van der Waals surface area (Å²) in [6.07, 6.45) is -3.59. The first-order valence-electron chi connectivity index (χ1n) is 7.83. The van der Waals surface area contributed by atoms with Gasteiger partial charge in [-0.25, -0.2) is 0 Å². The van der Waals surface area contributed by atoms with Crippen LogP contribution in [0.2, 0.25) is 0 Å². The van der Waals surface area contributed by atoms with Crippen LogP contribution in [0.15, 0.2) is 54.2 Å². The molecule has 0 fully saturated rings. The number of carbonyl (C=O) groups excluding carboxylic acids is 1. The Kier molecular flexibility index (Phi) is 6.40. The topological polar surface area (TPSA) is 117 Å². The number of non-ortho nitro benzene ring substituents is 1. The van der Waals surface area contributed by atoms with Gasteiger partial charge in [-0.3, -0.25) is 14.9 Å². The fourth-order valence-corrected chi connectivity index (χ4v) is 2.18. The molecule has 11 heteroatoms. The second kappa shape index (κ2) is 8.75. The van der Waals surface area contributed by atoms with E-state index in [0.29, 0.717) is 0 Å². The Morgan fingerprint density at radius 1 is 1.28 bits per heavy atom. The molecule has 2 rings (SSSR count). The summed E-state index contributed by atoms with van der Waals surface area (Å²) in [6.45, 7) is 0. The largest absolute Gasteiger partial charge is 0.494 e. The Hall–Kier alpha value is -4.07. The molecule has 29 heavy (non-hydrogen) atoms. The van der Waals surface area contributed by atoms with Crippen LogP contribution >= 0.6 is 0 Å². The van der Waals surface area contributed by atoms with Crippen molar-refractivity contribution in [2.45, 2.75) is 6.18 Å². The van der Waals surface area contributed by atoms with Gasteiger partial charge in [-0.05, 0) is 24.3 Å². The highest BCUT2D eigenvalue weighted by molar-refractivity contribution is 6.07. The molecular formula is C18H13F3N4O4. The number of nitro groups is 1. The number of nitrogens with one attached hydrogen (secondary N) is 2. The zero-order valence-corrected chi connectivity index (χ0v) is 14.8. The molecule has 150 valence electrons. The second-order valence-corrected chi connectivity index (χ2v) is 5.49. The van der Waals surface area contributed by atoms with Gasteiger partial charge in [0.2, 0.25) is 0 Å². The standard InChI is InChI=1S/C18H13F3N4O4/c1-29-16-8-14(25(27)28)5-6-15(16)24-17(26)11(9-22)10-23-13-4-2-3-12(7-13)18(19,20)21/h2-8,10,23H,1H3,(H,24,26)/b11-10-. The normalized spacial score (nSPS) is 11.3. The number of carbonyl (C=O) groups is 1. The number of nitro benzene ring substituents is 1. The van der Waals surface area contributed by atoms with Gasteiger partial charge >= 0.3 is 6.18 Å². The van der Waals surface area contributed by atoms with E-state index in [4.69, 9.17) is 10.00 Å². The molecule has 0 atom stereocenters. The van der Waals surface area contributed by atoms with Crippen molar-refractivity contribution in [3.63, 3.8) is 0 Å². The van der Waals surface area contributed by atoms with Crippen molar-refractivity contribution in [2.75, 3.05) is 17.7 Å². The van der Waals surface area contributed by atoms with Crippen molar-refractivity contribution in [2.24, 2.45) is 0 Å². The molecule has 0 spiro atoms. The number of amides is 1. The van der Waals surface area contributed by atoms with Crippen molar-refractivity contribution in [3.8, 4) is 11.8 Å². The maximum atomic E-state index is 12.7. The molecule has 0 heterocycles. The summed E-state index contributed by atoms with van der Waals surface area (Å²) in [4.78, 5) is 22.4. The molecule has 8 nitrogen and oxygen atoms in total. The summed E-state index contributed by atoms with van der Waals surface area (Å²) in [7, 11) is 1.24. The predicted molar refractivity (Wildman–Crippen MR) is 97.0 cm³/mol. The minimum Gasteiger partial charge on any atom is -0.494 e. The fraction of sp³-hybridized carbons (Fsp3) is 0.111. The van der Waals surface area contributed by atoms with Crippen LogP contribution in [0.5, 0.6) is 5.75 Å². The number of hydrogen-bond donors (Lipinski definition) is 2. The van der Waals surface area contributed by atoms with Gasteiger partial charge in [0.1, 0.15) is 17.4 Å². The third-order valence-corrected chi connectivity index (χ3v) is 3.58. The third-order valence-electron chi connectivity index (χ3n) is 3.58. The fourth-order valence-electron chi connectivity index (χ4n) is 2.18. The molecule has 0 aliphatic rings. The first-order valence-corrected chi connectivity index (χ1v) is 7.83. The van der Waals surface area contributed by atoms with E-state index in [1.54, 1.807) is 6.07 Å². The van der Waals surface area contributed by atoms with Gasteiger partial charge in [-0.15, -0.1) is 0 Å². The van der Waals surface area contributed by atoms with Crippen LogP contribution in [-0.2, 0) is 11.0 Å². The van der Waals surface area contributed by atoms with Crippen molar-refractivity contribution < 1.29 is 27.6 Å². The SMILES string of the molecule is COc1cc([N+](=O)[O-])ccc1NC(=O)/C(C#N)=C\Nc1cccc(C(F)(F)F)c1. The number of halogens is 3. The molecule has 0 radical (unpaired) electrons. The molecule has 0 unspecified atom stereocenters. The van der Waals surface area contributed by atoms with Gasteiger partial charge in [0.15, 0.2) is 0 Å². The molecule has 2 N–H and O–H groups in total. The predicted octanol–water partition coefficient (Wildman–Crippen LogP) is 4.08. The number of benzene rings is 2. The molecule has 0 aliphatic carbocycles.